The zero-order chi connectivity index (χ0) is 16.6. The van der Waals surface area contributed by atoms with Crippen LogP contribution in [0.25, 0.3) is 10.9 Å². The standard InChI is InChI=1S/C17H20N2O4/c1-18(2)7-8-23-12-5-6-15-13(9-12)16(20)14(17(21)22)10-19(15)11-3-4-11/h5-6,9-11H,3-4,7-8H2,1-2H3,(H,21,22). The first kappa shape index (κ1) is 15.6. The minimum Gasteiger partial charge on any atom is -0.492 e. The number of hydrogen-bond acceptors (Lipinski definition) is 4. The molecule has 1 aliphatic rings. The Balaban J connectivity index is 2.04. The van der Waals surface area contributed by atoms with Crippen molar-refractivity contribution in [3.05, 3.63) is 40.2 Å². The van der Waals surface area contributed by atoms with Gasteiger partial charge in [0.25, 0.3) is 0 Å². The van der Waals surface area contributed by atoms with Crippen LogP contribution in [0.3, 0.4) is 0 Å². The molecule has 122 valence electrons. The summed E-state index contributed by atoms with van der Waals surface area (Å²) in [5.41, 5.74) is 0.125. The molecule has 2 aromatic rings. The minimum atomic E-state index is -1.19. The molecule has 0 spiro atoms. The molecule has 1 heterocycles. The highest BCUT2D eigenvalue weighted by atomic mass is 16.5. The van der Waals surface area contributed by atoms with Crippen molar-refractivity contribution < 1.29 is 14.6 Å². The van der Waals surface area contributed by atoms with Gasteiger partial charge in [0.05, 0.1) is 10.9 Å². The molecular weight excluding hydrogens is 296 g/mol. The molecule has 6 heteroatoms. The van der Waals surface area contributed by atoms with Gasteiger partial charge in [-0.05, 0) is 45.1 Å². The molecule has 23 heavy (non-hydrogen) atoms. The van der Waals surface area contributed by atoms with Crippen molar-refractivity contribution in [1.29, 1.82) is 0 Å². The average Bonchev–Trinajstić information content (AvgIpc) is 3.32. The van der Waals surface area contributed by atoms with Crippen molar-refractivity contribution in [2.24, 2.45) is 0 Å². The number of fused-ring (bicyclic) bond motifs is 1. The van der Waals surface area contributed by atoms with E-state index >= 15 is 0 Å². The number of nitrogens with zero attached hydrogens (tertiary/aromatic N) is 2. The van der Waals surface area contributed by atoms with E-state index in [9.17, 15) is 14.7 Å². The molecule has 1 aliphatic carbocycles. The smallest absolute Gasteiger partial charge is 0.341 e. The summed E-state index contributed by atoms with van der Waals surface area (Å²) in [4.78, 5) is 25.8. The Morgan fingerprint density at radius 1 is 1.39 bits per heavy atom. The summed E-state index contributed by atoms with van der Waals surface area (Å²) < 4.78 is 7.57. The summed E-state index contributed by atoms with van der Waals surface area (Å²) in [6.45, 7) is 1.27. The van der Waals surface area contributed by atoms with Gasteiger partial charge in [-0.15, -0.1) is 0 Å². The van der Waals surface area contributed by atoms with Gasteiger partial charge in [0.15, 0.2) is 0 Å². The van der Waals surface area contributed by atoms with E-state index in [1.807, 2.05) is 35.7 Å². The van der Waals surface area contributed by atoms with Crippen molar-refractivity contribution in [3.8, 4) is 5.75 Å². The van der Waals surface area contributed by atoms with Gasteiger partial charge < -0.3 is 19.3 Å². The van der Waals surface area contributed by atoms with Gasteiger partial charge in [-0.2, -0.15) is 0 Å². The molecule has 1 N–H and O–H groups in total. The predicted octanol–water partition coefficient (Wildman–Crippen LogP) is 1.97. The van der Waals surface area contributed by atoms with Gasteiger partial charge in [0.2, 0.25) is 5.43 Å². The molecule has 0 amide bonds. The number of carbonyl (C=O) groups is 1. The van der Waals surface area contributed by atoms with Gasteiger partial charge >= 0.3 is 5.97 Å². The number of hydrogen-bond donors (Lipinski definition) is 1. The second-order valence-electron chi connectivity index (χ2n) is 6.15. The molecule has 0 radical (unpaired) electrons. The summed E-state index contributed by atoms with van der Waals surface area (Å²) >= 11 is 0. The Hall–Kier alpha value is -2.34. The molecule has 1 saturated carbocycles. The average molecular weight is 316 g/mol. The van der Waals surface area contributed by atoms with Crippen molar-refractivity contribution in [2.45, 2.75) is 18.9 Å². The Morgan fingerprint density at radius 3 is 2.74 bits per heavy atom. The Kier molecular flexibility index (Phi) is 4.09. The number of ether oxygens (including phenoxy) is 1. The van der Waals surface area contributed by atoms with E-state index < -0.39 is 11.4 Å². The second kappa shape index (κ2) is 6.04. The Morgan fingerprint density at radius 2 is 2.13 bits per heavy atom. The third-order valence-electron chi connectivity index (χ3n) is 3.98. The molecule has 0 aliphatic heterocycles. The van der Waals surface area contributed by atoms with Crippen LogP contribution in [-0.4, -0.2) is 47.8 Å². The number of pyridine rings is 1. The number of carboxylic acids is 1. The first-order valence-corrected chi connectivity index (χ1v) is 7.67. The van der Waals surface area contributed by atoms with Crippen LogP contribution in [-0.2, 0) is 0 Å². The van der Waals surface area contributed by atoms with Gasteiger partial charge in [0, 0.05) is 18.8 Å². The zero-order valence-electron chi connectivity index (χ0n) is 13.3. The van der Waals surface area contributed by atoms with Crippen LogP contribution in [0, 0.1) is 0 Å². The molecule has 3 rings (SSSR count). The van der Waals surface area contributed by atoms with Crippen LogP contribution < -0.4 is 10.2 Å². The molecule has 1 aromatic heterocycles. The lowest BCUT2D eigenvalue weighted by atomic mass is 10.1. The van der Waals surface area contributed by atoms with Crippen molar-refractivity contribution >= 4 is 16.9 Å². The first-order chi connectivity index (χ1) is 11.0. The summed E-state index contributed by atoms with van der Waals surface area (Å²) in [6, 6.07) is 5.61. The molecule has 0 saturated heterocycles. The summed E-state index contributed by atoms with van der Waals surface area (Å²) in [6.07, 6.45) is 3.49. The number of rotatable bonds is 6. The van der Waals surface area contributed by atoms with E-state index in [1.165, 1.54) is 6.20 Å². The maximum absolute atomic E-state index is 12.4. The van der Waals surface area contributed by atoms with E-state index in [0.29, 0.717) is 17.7 Å². The second-order valence-corrected chi connectivity index (χ2v) is 6.15. The Labute approximate surface area is 133 Å². The quantitative estimate of drug-likeness (QED) is 0.882. The third kappa shape index (κ3) is 3.22. The fraction of sp³-hybridized carbons (Fsp3) is 0.412. The third-order valence-corrected chi connectivity index (χ3v) is 3.98. The number of aromatic nitrogens is 1. The normalized spacial score (nSPS) is 14.4. The van der Waals surface area contributed by atoms with Gasteiger partial charge in [0.1, 0.15) is 17.9 Å². The predicted molar refractivity (Wildman–Crippen MR) is 87.5 cm³/mol. The highest BCUT2D eigenvalue weighted by molar-refractivity contribution is 5.93. The minimum absolute atomic E-state index is 0.185. The summed E-state index contributed by atoms with van der Waals surface area (Å²) in [5.74, 6) is -0.605. The summed E-state index contributed by atoms with van der Waals surface area (Å²) in [5, 5.41) is 9.68. The largest absolute Gasteiger partial charge is 0.492 e. The van der Waals surface area contributed by atoms with Gasteiger partial charge in [-0.3, -0.25) is 4.79 Å². The van der Waals surface area contributed by atoms with Crippen molar-refractivity contribution in [2.75, 3.05) is 27.2 Å². The fourth-order valence-electron chi connectivity index (χ4n) is 2.58. The number of likely N-dealkylation sites (N-methyl/N-ethyl adjacent to an activating group) is 1. The fourth-order valence-corrected chi connectivity index (χ4v) is 2.58. The van der Waals surface area contributed by atoms with Crippen LogP contribution in [0.2, 0.25) is 0 Å². The topological polar surface area (TPSA) is 71.8 Å². The van der Waals surface area contributed by atoms with Crippen molar-refractivity contribution in [3.63, 3.8) is 0 Å². The van der Waals surface area contributed by atoms with Crippen LogP contribution in [0.4, 0.5) is 0 Å². The van der Waals surface area contributed by atoms with Crippen LogP contribution in [0.15, 0.2) is 29.2 Å². The maximum Gasteiger partial charge on any atom is 0.341 e. The summed E-state index contributed by atoms with van der Waals surface area (Å²) in [7, 11) is 3.91. The molecular formula is C17H20N2O4. The van der Waals surface area contributed by atoms with Gasteiger partial charge in [-0.1, -0.05) is 0 Å². The van der Waals surface area contributed by atoms with E-state index in [-0.39, 0.29) is 11.6 Å². The SMILES string of the molecule is CN(C)CCOc1ccc2c(c1)c(=O)c(C(=O)O)cn2C1CC1. The monoisotopic (exact) mass is 316 g/mol. The van der Waals surface area contributed by atoms with E-state index in [4.69, 9.17) is 4.74 Å². The van der Waals surface area contributed by atoms with E-state index in [2.05, 4.69) is 0 Å². The van der Waals surface area contributed by atoms with Crippen LogP contribution in [0.5, 0.6) is 5.75 Å². The lowest BCUT2D eigenvalue weighted by molar-refractivity contribution is 0.0695. The van der Waals surface area contributed by atoms with Gasteiger partial charge in [-0.25, -0.2) is 4.79 Å². The first-order valence-electron chi connectivity index (χ1n) is 7.67. The lowest BCUT2D eigenvalue weighted by Crippen LogP contribution is -2.20. The number of benzene rings is 1. The Bertz CT molecular complexity index is 806. The van der Waals surface area contributed by atoms with E-state index in [0.717, 1.165) is 24.9 Å². The van der Waals surface area contributed by atoms with E-state index in [1.54, 1.807) is 6.07 Å². The van der Waals surface area contributed by atoms with Crippen molar-refractivity contribution in [1.82, 2.24) is 9.47 Å². The highest BCUT2D eigenvalue weighted by Gasteiger charge is 2.26. The molecule has 1 fully saturated rings. The molecule has 0 bridgehead atoms. The maximum atomic E-state index is 12.4. The number of aromatic carboxylic acids is 1. The molecule has 0 unspecified atom stereocenters. The lowest BCUT2D eigenvalue weighted by Gasteiger charge is -2.14. The zero-order valence-corrected chi connectivity index (χ0v) is 13.3. The highest BCUT2D eigenvalue weighted by Crippen LogP contribution is 2.37. The molecule has 1 aromatic carbocycles. The van der Waals surface area contributed by atoms with Crippen LogP contribution in [0.1, 0.15) is 29.2 Å². The van der Waals surface area contributed by atoms with Crippen LogP contribution >= 0.6 is 0 Å². The number of carboxylic acid groups (broad SMARTS) is 1. The molecule has 6 nitrogen and oxygen atoms in total. The molecule has 0 atom stereocenters.